The van der Waals surface area contributed by atoms with Crippen molar-refractivity contribution in [2.24, 2.45) is 46.3 Å². The van der Waals surface area contributed by atoms with Crippen LogP contribution in [0, 0.1) is 46.3 Å². The fourth-order valence-corrected chi connectivity index (χ4v) is 9.66. The largest absolute Gasteiger partial charge is 0.463 e. The highest BCUT2D eigenvalue weighted by molar-refractivity contribution is 5.81. The number of allylic oxidation sites excluding steroid dienone is 1. The number of carbonyl (C=O) groups excluding carboxylic acids is 1. The van der Waals surface area contributed by atoms with Crippen molar-refractivity contribution in [2.45, 2.75) is 131 Å². The minimum absolute atomic E-state index is 0.323. The van der Waals surface area contributed by atoms with E-state index in [1.807, 2.05) is 0 Å². The van der Waals surface area contributed by atoms with E-state index < -0.39 is 0 Å². The van der Waals surface area contributed by atoms with Crippen LogP contribution < -0.4 is 0 Å². The van der Waals surface area contributed by atoms with Crippen LogP contribution >= 0.6 is 0 Å². The van der Waals surface area contributed by atoms with Gasteiger partial charge in [0.2, 0.25) is 0 Å². The Morgan fingerprint density at radius 2 is 1.79 bits per heavy atom. The summed E-state index contributed by atoms with van der Waals surface area (Å²) >= 11 is 0. The second kappa shape index (κ2) is 13.0. The Bertz CT molecular complexity index is 829. The van der Waals surface area contributed by atoms with Crippen LogP contribution in [0.5, 0.6) is 0 Å². The lowest BCUT2D eigenvalue weighted by atomic mass is 9.47. The lowest BCUT2D eigenvalue weighted by molar-refractivity contribution is -0.137. The maximum absolute atomic E-state index is 11.1. The molecule has 0 saturated heterocycles. The zero-order valence-electron chi connectivity index (χ0n) is 25.4. The van der Waals surface area contributed by atoms with Crippen molar-refractivity contribution in [3.05, 3.63) is 24.3 Å². The summed E-state index contributed by atoms with van der Waals surface area (Å²) < 4.78 is 11.4. The molecule has 4 rings (SSSR count). The summed E-state index contributed by atoms with van der Waals surface area (Å²) in [5.41, 5.74) is 2.71. The summed E-state index contributed by atoms with van der Waals surface area (Å²) in [7, 11) is 0. The van der Waals surface area contributed by atoms with Gasteiger partial charge < -0.3 is 9.47 Å². The molecule has 4 aliphatic rings. The zero-order valence-corrected chi connectivity index (χ0v) is 25.4. The number of carbonyl (C=O) groups is 1. The summed E-state index contributed by atoms with van der Waals surface area (Å²) in [4.78, 5) is 11.1. The van der Waals surface area contributed by atoms with Crippen LogP contribution in [0.15, 0.2) is 24.3 Å². The van der Waals surface area contributed by atoms with Crippen molar-refractivity contribution < 1.29 is 14.3 Å². The molecule has 0 N–H and O–H groups in total. The zero-order chi connectivity index (χ0) is 27.3. The van der Waals surface area contributed by atoms with Crippen molar-refractivity contribution in [3.8, 4) is 0 Å². The second-order valence-electron chi connectivity index (χ2n) is 14.5. The van der Waals surface area contributed by atoms with Gasteiger partial charge in [-0.2, -0.15) is 0 Å². The first kappa shape index (κ1) is 29.9. The smallest absolute Gasteiger partial charge is 0.330 e. The molecular weight excluding hydrogens is 468 g/mol. The van der Waals surface area contributed by atoms with E-state index in [0.29, 0.717) is 23.5 Å². The summed E-state index contributed by atoms with van der Waals surface area (Å²) in [5, 5.41) is 0. The first-order valence-corrected chi connectivity index (χ1v) is 16.3. The van der Waals surface area contributed by atoms with Crippen LogP contribution in [0.25, 0.3) is 0 Å². The standard InChI is InChI=1S/C35H58O3/c1-7-33(36)38-23-10-8-9-22-37-28-18-20-34(5)27(24-28)14-15-29-31-17-16-30(26(4)13-11-12-25(2)3)35(31,6)21-19-32(29)34/h7,14,25-26,28-32H,1,8-13,15-24H2,2-6H3/t26-,28?,29?,30-,31?,32?,34+,35-/m1/s1. The molecule has 0 aromatic carbocycles. The maximum atomic E-state index is 11.1. The third-order valence-corrected chi connectivity index (χ3v) is 11.8. The molecule has 0 bridgehead atoms. The van der Waals surface area contributed by atoms with Gasteiger partial charge in [0.1, 0.15) is 0 Å². The first-order valence-electron chi connectivity index (χ1n) is 16.3. The molecule has 8 atom stereocenters. The van der Waals surface area contributed by atoms with Gasteiger partial charge >= 0.3 is 5.97 Å². The Morgan fingerprint density at radius 1 is 1.00 bits per heavy atom. The van der Waals surface area contributed by atoms with Crippen LogP contribution in [0.2, 0.25) is 0 Å². The van der Waals surface area contributed by atoms with E-state index in [-0.39, 0.29) is 5.97 Å². The van der Waals surface area contributed by atoms with E-state index >= 15 is 0 Å². The summed E-state index contributed by atoms with van der Waals surface area (Å²) in [6.07, 6.45) is 22.4. The monoisotopic (exact) mass is 526 g/mol. The molecule has 4 unspecified atom stereocenters. The molecule has 38 heavy (non-hydrogen) atoms. The Morgan fingerprint density at radius 3 is 2.55 bits per heavy atom. The second-order valence-corrected chi connectivity index (χ2v) is 14.5. The SMILES string of the molecule is C=CC(=O)OCCCCCOC1CC[C@@]2(C)C(=CCC3C2CC[C@@]2(C)C3CC[C@@H]2[C@H](C)CCCC(C)C)C1. The lowest BCUT2D eigenvalue weighted by Crippen LogP contribution is -2.51. The Labute approximate surface area is 234 Å². The van der Waals surface area contributed by atoms with E-state index in [9.17, 15) is 4.79 Å². The number of unbranched alkanes of at least 4 members (excludes halogenated alkanes) is 2. The van der Waals surface area contributed by atoms with Crippen LogP contribution in [-0.2, 0) is 14.3 Å². The van der Waals surface area contributed by atoms with E-state index in [2.05, 4.69) is 47.3 Å². The number of hydrogen-bond donors (Lipinski definition) is 0. The fraction of sp³-hybridized carbons (Fsp3) is 0.857. The highest BCUT2D eigenvalue weighted by atomic mass is 16.5. The fourth-order valence-electron chi connectivity index (χ4n) is 9.66. The lowest BCUT2D eigenvalue weighted by Gasteiger charge is -2.58. The van der Waals surface area contributed by atoms with E-state index in [1.165, 1.54) is 70.3 Å². The van der Waals surface area contributed by atoms with Gasteiger partial charge in [-0.3, -0.25) is 0 Å². The van der Waals surface area contributed by atoms with Gasteiger partial charge in [0.05, 0.1) is 12.7 Å². The van der Waals surface area contributed by atoms with E-state index in [0.717, 1.165) is 67.8 Å². The summed E-state index contributed by atoms with van der Waals surface area (Å²) in [5.74, 6) is 5.08. The van der Waals surface area contributed by atoms with Gasteiger partial charge in [-0.1, -0.05) is 72.1 Å². The van der Waals surface area contributed by atoms with E-state index in [4.69, 9.17) is 9.47 Å². The highest BCUT2D eigenvalue weighted by Crippen LogP contribution is 2.67. The predicted molar refractivity (Wildman–Crippen MR) is 158 cm³/mol. The third kappa shape index (κ3) is 6.45. The average Bonchev–Trinajstić information content (AvgIpc) is 3.25. The van der Waals surface area contributed by atoms with Crippen LogP contribution in [-0.4, -0.2) is 25.3 Å². The Kier molecular flexibility index (Phi) is 10.3. The van der Waals surface area contributed by atoms with Crippen LogP contribution in [0.3, 0.4) is 0 Å². The van der Waals surface area contributed by atoms with Crippen molar-refractivity contribution >= 4 is 5.97 Å². The molecule has 0 amide bonds. The summed E-state index contributed by atoms with van der Waals surface area (Å²) in [6, 6.07) is 0. The average molecular weight is 527 g/mol. The number of hydrogen-bond acceptors (Lipinski definition) is 3. The van der Waals surface area contributed by atoms with Gasteiger partial charge in [0.25, 0.3) is 0 Å². The van der Waals surface area contributed by atoms with Gasteiger partial charge in [-0.05, 0) is 117 Å². The van der Waals surface area contributed by atoms with Crippen molar-refractivity contribution in [3.63, 3.8) is 0 Å². The van der Waals surface area contributed by atoms with Gasteiger partial charge in [0, 0.05) is 12.7 Å². The number of esters is 1. The quantitative estimate of drug-likeness (QED) is 0.104. The minimum Gasteiger partial charge on any atom is -0.463 e. The minimum atomic E-state index is -0.323. The molecule has 0 radical (unpaired) electrons. The molecule has 3 heteroatoms. The van der Waals surface area contributed by atoms with Crippen molar-refractivity contribution in [1.82, 2.24) is 0 Å². The number of ether oxygens (including phenoxy) is 2. The first-order chi connectivity index (χ1) is 18.2. The van der Waals surface area contributed by atoms with Crippen molar-refractivity contribution in [1.29, 1.82) is 0 Å². The molecule has 3 saturated carbocycles. The molecule has 216 valence electrons. The van der Waals surface area contributed by atoms with Gasteiger partial charge in [0.15, 0.2) is 0 Å². The molecule has 0 spiro atoms. The molecule has 0 heterocycles. The predicted octanol–water partition coefficient (Wildman–Crippen LogP) is 9.31. The third-order valence-electron chi connectivity index (χ3n) is 11.8. The normalized spacial score (nSPS) is 37.1. The molecule has 0 aromatic rings. The van der Waals surface area contributed by atoms with E-state index in [1.54, 1.807) is 5.57 Å². The topological polar surface area (TPSA) is 35.5 Å². The molecule has 0 aromatic heterocycles. The molecular formula is C35H58O3. The number of fused-ring (bicyclic) bond motifs is 5. The highest BCUT2D eigenvalue weighted by Gasteiger charge is 2.59. The molecule has 3 nitrogen and oxygen atoms in total. The molecule has 3 fully saturated rings. The van der Waals surface area contributed by atoms with Gasteiger partial charge in [-0.15, -0.1) is 0 Å². The maximum Gasteiger partial charge on any atom is 0.330 e. The van der Waals surface area contributed by atoms with Gasteiger partial charge in [-0.25, -0.2) is 4.79 Å². The Hall–Kier alpha value is -1.09. The molecule has 4 aliphatic carbocycles. The number of rotatable bonds is 13. The van der Waals surface area contributed by atoms with Crippen molar-refractivity contribution in [2.75, 3.05) is 13.2 Å². The Balaban J connectivity index is 1.28. The van der Waals surface area contributed by atoms with Crippen LogP contribution in [0.4, 0.5) is 0 Å². The summed E-state index contributed by atoms with van der Waals surface area (Å²) in [6.45, 7) is 17.4. The molecule has 0 aliphatic heterocycles. The van der Waals surface area contributed by atoms with Crippen LogP contribution in [0.1, 0.15) is 125 Å².